The Balaban J connectivity index is 2.40. The van der Waals surface area contributed by atoms with Gasteiger partial charge >= 0.3 is 0 Å². The van der Waals surface area contributed by atoms with E-state index in [1.807, 2.05) is 21.6 Å². The summed E-state index contributed by atoms with van der Waals surface area (Å²) >= 11 is 0. The molecule has 1 saturated heterocycles. The minimum absolute atomic E-state index is 0.162. The van der Waals surface area contributed by atoms with Gasteiger partial charge < -0.3 is 5.73 Å². The van der Waals surface area contributed by atoms with Crippen molar-refractivity contribution < 1.29 is 0 Å². The van der Waals surface area contributed by atoms with Gasteiger partial charge in [-0.05, 0) is 6.42 Å². The molecule has 0 unspecified atom stereocenters. The van der Waals surface area contributed by atoms with E-state index in [4.69, 9.17) is 5.73 Å². The zero-order valence-electron chi connectivity index (χ0n) is 5.02. The first-order chi connectivity index (χ1) is 3.77. The van der Waals surface area contributed by atoms with E-state index in [0.717, 1.165) is 17.9 Å². The number of hydrogen-bond donors (Lipinski definition) is 1. The van der Waals surface area contributed by atoms with Crippen LogP contribution in [0.15, 0.2) is 0 Å². The lowest BCUT2D eigenvalue weighted by Crippen LogP contribution is -2.41. The van der Waals surface area contributed by atoms with Crippen LogP contribution in [-0.2, 0) is 0 Å². The highest BCUT2D eigenvalue weighted by Crippen LogP contribution is 2.37. The molecule has 0 amide bonds. The van der Waals surface area contributed by atoms with Crippen molar-refractivity contribution in [1.29, 1.82) is 0 Å². The molecule has 1 fully saturated rings. The summed E-state index contributed by atoms with van der Waals surface area (Å²) < 4.78 is 0. The fourth-order valence-corrected chi connectivity index (χ4v) is 3.85. The Morgan fingerprint density at radius 3 is 2.25 bits per heavy atom. The van der Waals surface area contributed by atoms with Crippen molar-refractivity contribution >= 4 is 21.6 Å². The van der Waals surface area contributed by atoms with Crippen LogP contribution in [0.2, 0.25) is 0 Å². The zero-order valence-corrected chi connectivity index (χ0v) is 6.65. The van der Waals surface area contributed by atoms with Crippen LogP contribution in [0.5, 0.6) is 0 Å². The molecule has 1 heterocycles. The Hall–Kier alpha value is 0.660. The van der Waals surface area contributed by atoms with Crippen LogP contribution in [0.25, 0.3) is 0 Å². The van der Waals surface area contributed by atoms with Crippen LogP contribution in [0, 0.1) is 0 Å². The van der Waals surface area contributed by atoms with E-state index in [0.29, 0.717) is 0 Å². The van der Waals surface area contributed by atoms with E-state index in [9.17, 15) is 0 Å². The maximum absolute atomic E-state index is 5.92. The minimum atomic E-state index is 0.162. The van der Waals surface area contributed by atoms with Gasteiger partial charge in [-0.2, -0.15) is 0 Å². The molecular formula is C5H11NS2. The van der Waals surface area contributed by atoms with Gasteiger partial charge in [-0.3, -0.25) is 0 Å². The first-order valence-electron chi connectivity index (χ1n) is 2.80. The van der Waals surface area contributed by atoms with E-state index in [-0.39, 0.29) is 5.54 Å². The predicted octanol–water partition coefficient (Wildman–Crippen LogP) is 1.49. The first-order valence-corrected chi connectivity index (χ1v) is 5.29. The second-order valence-electron chi connectivity index (χ2n) is 2.24. The number of rotatable bonds is 1. The van der Waals surface area contributed by atoms with Gasteiger partial charge in [0.05, 0.1) is 0 Å². The van der Waals surface area contributed by atoms with Gasteiger partial charge in [0.25, 0.3) is 0 Å². The molecule has 0 radical (unpaired) electrons. The lowest BCUT2D eigenvalue weighted by molar-refractivity contribution is 0.527. The summed E-state index contributed by atoms with van der Waals surface area (Å²) in [5, 5.41) is 0. The van der Waals surface area contributed by atoms with Crippen LogP contribution in [-0.4, -0.2) is 17.0 Å². The lowest BCUT2D eigenvalue weighted by atomic mass is 10.0. The highest BCUT2D eigenvalue weighted by atomic mass is 33.1. The Kier molecular flexibility index (Phi) is 2.12. The van der Waals surface area contributed by atoms with E-state index < -0.39 is 0 Å². The third kappa shape index (κ3) is 1.33. The van der Waals surface area contributed by atoms with E-state index in [1.165, 1.54) is 0 Å². The second kappa shape index (κ2) is 2.50. The topological polar surface area (TPSA) is 26.0 Å². The van der Waals surface area contributed by atoms with E-state index >= 15 is 0 Å². The Morgan fingerprint density at radius 2 is 2.00 bits per heavy atom. The van der Waals surface area contributed by atoms with Gasteiger partial charge in [-0.1, -0.05) is 28.5 Å². The SMILES string of the molecule is CCC1(N)CSSC1. The van der Waals surface area contributed by atoms with Crippen molar-refractivity contribution in [3.05, 3.63) is 0 Å². The third-order valence-corrected chi connectivity index (χ3v) is 4.24. The lowest BCUT2D eigenvalue weighted by Gasteiger charge is -2.17. The smallest absolute Gasteiger partial charge is 0.0351 e. The minimum Gasteiger partial charge on any atom is -0.324 e. The van der Waals surface area contributed by atoms with Crippen molar-refractivity contribution in [1.82, 2.24) is 0 Å². The van der Waals surface area contributed by atoms with E-state index in [1.54, 1.807) is 0 Å². The largest absolute Gasteiger partial charge is 0.324 e. The summed E-state index contributed by atoms with van der Waals surface area (Å²) in [6.45, 7) is 2.16. The molecular weight excluding hydrogens is 138 g/mol. The molecule has 3 heteroatoms. The molecule has 0 saturated carbocycles. The third-order valence-electron chi connectivity index (χ3n) is 1.48. The molecule has 0 aromatic heterocycles. The van der Waals surface area contributed by atoms with Crippen molar-refractivity contribution in [2.75, 3.05) is 11.5 Å². The molecule has 2 N–H and O–H groups in total. The van der Waals surface area contributed by atoms with Gasteiger partial charge in [0.15, 0.2) is 0 Å². The molecule has 1 aliphatic heterocycles. The molecule has 0 spiro atoms. The van der Waals surface area contributed by atoms with Crippen LogP contribution in [0.3, 0.4) is 0 Å². The van der Waals surface area contributed by atoms with Crippen LogP contribution >= 0.6 is 21.6 Å². The van der Waals surface area contributed by atoms with Gasteiger partial charge in [0.1, 0.15) is 0 Å². The molecule has 0 atom stereocenters. The molecule has 48 valence electrons. The summed E-state index contributed by atoms with van der Waals surface area (Å²) in [5.74, 6) is 2.27. The maximum Gasteiger partial charge on any atom is 0.0351 e. The molecule has 8 heavy (non-hydrogen) atoms. The average molecular weight is 149 g/mol. The van der Waals surface area contributed by atoms with Crippen molar-refractivity contribution in [3.63, 3.8) is 0 Å². The van der Waals surface area contributed by atoms with Crippen LogP contribution in [0.1, 0.15) is 13.3 Å². The van der Waals surface area contributed by atoms with Crippen molar-refractivity contribution in [3.8, 4) is 0 Å². The predicted molar refractivity (Wildman–Crippen MR) is 42.1 cm³/mol. The molecule has 1 rings (SSSR count). The van der Waals surface area contributed by atoms with Gasteiger partial charge in [-0.25, -0.2) is 0 Å². The van der Waals surface area contributed by atoms with Gasteiger partial charge in [0.2, 0.25) is 0 Å². The fraction of sp³-hybridized carbons (Fsp3) is 1.00. The molecule has 1 nitrogen and oxygen atoms in total. The Labute approximate surface area is 58.2 Å². The van der Waals surface area contributed by atoms with Crippen molar-refractivity contribution in [2.24, 2.45) is 5.73 Å². The zero-order chi connectivity index (χ0) is 6.04. The second-order valence-corrected chi connectivity index (χ2v) is 4.70. The summed E-state index contributed by atoms with van der Waals surface area (Å²) in [5.41, 5.74) is 6.08. The fourth-order valence-electron chi connectivity index (χ4n) is 0.564. The highest BCUT2D eigenvalue weighted by molar-refractivity contribution is 8.77. The van der Waals surface area contributed by atoms with E-state index in [2.05, 4.69) is 6.92 Å². The quantitative estimate of drug-likeness (QED) is 0.572. The molecule has 1 aliphatic rings. The number of hydrogen-bond acceptors (Lipinski definition) is 3. The molecule has 0 aromatic rings. The monoisotopic (exact) mass is 149 g/mol. The summed E-state index contributed by atoms with van der Waals surface area (Å²) in [7, 11) is 3.79. The van der Waals surface area contributed by atoms with Crippen LogP contribution < -0.4 is 5.73 Å². The molecule has 0 aromatic carbocycles. The average Bonchev–Trinajstić information content (AvgIpc) is 2.17. The molecule has 0 aliphatic carbocycles. The molecule has 0 bridgehead atoms. The summed E-state index contributed by atoms with van der Waals surface area (Å²) in [6, 6.07) is 0. The van der Waals surface area contributed by atoms with Gasteiger partial charge in [0, 0.05) is 17.0 Å². The first kappa shape index (κ1) is 6.78. The van der Waals surface area contributed by atoms with Gasteiger partial charge in [-0.15, -0.1) is 0 Å². The summed E-state index contributed by atoms with van der Waals surface area (Å²) in [4.78, 5) is 0. The Bertz CT molecular complexity index is 78.5. The standard InChI is InChI=1S/C5H11NS2/c1-2-5(6)3-7-8-4-5/h2-4,6H2,1H3. The number of nitrogens with two attached hydrogens (primary N) is 1. The maximum atomic E-state index is 5.92. The normalized spacial score (nSPS) is 26.2. The highest BCUT2D eigenvalue weighted by Gasteiger charge is 2.28. The van der Waals surface area contributed by atoms with Crippen molar-refractivity contribution in [2.45, 2.75) is 18.9 Å². The van der Waals surface area contributed by atoms with Crippen LogP contribution in [0.4, 0.5) is 0 Å². The summed E-state index contributed by atoms with van der Waals surface area (Å²) in [6.07, 6.45) is 1.12. The Morgan fingerprint density at radius 1 is 1.50 bits per heavy atom.